The Morgan fingerprint density at radius 2 is 0.714 bits per heavy atom. The predicted octanol–water partition coefficient (Wildman–Crippen LogP) is -0.492. The van der Waals surface area contributed by atoms with Crippen LogP contribution >= 0.6 is 0 Å². The second-order valence-electron chi connectivity index (χ2n) is 2.27. The topological polar surface area (TPSA) is 169 Å². The first kappa shape index (κ1) is 11.4. The summed E-state index contributed by atoms with van der Waals surface area (Å²) in [5.74, 6) is 0. The zero-order valence-electron chi connectivity index (χ0n) is 6.59. The first-order chi connectivity index (χ1) is 6.22. The van der Waals surface area contributed by atoms with E-state index in [9.17, 15) is 0 Å². The second-order valence-corrected chi connectivity index (χ2v) is 9.38. The molecule has 0 atom stereocenters. The Balaban J connectivity index is 7.57. The van der Waals surface area contributed by atoms with Crippen molar-refractivity contribution in [3.63, 3.8) is 0 Å². The molecule has 0 fully saturated rings. The van der Waals surface area contributed by atoms with Crippen LogP contribution in [0.15, 0.2) is 0 Å². The van der Waals surface area contributed by atoms with Crippen molar-refractivity contribution in [2.75, 3.05) is 0 Å². The minimum absolute atomic E-state index is 0.874. The molecule has 0 aliphatic heterocycles. The molecule has 8 heteroatoms. The molecule has 0 unspecified atom stereocenters. The molecule has 0 aliphatic carbocycles. The fraction of sp³-hybridized carbons (Fsp3) is 0. The van der Waals surface area contributed by atoms with E-state index < -0.39 is 9.71 Å². The van der Waals surface area contributed by atoms with Crippen LogP contribution in [0.2, 0.25) is 0 Å². The van der Waals surface area contributed by atoms with Gasteiger partial charge in [-0.1, -0.05) is 0 Å². The van der Waals surface area contributed by atoms with Crippen LogP contribution in [-0.2, 0) is 9.71 Å². The Morgan fingerprint density at radius 3 is 0.714 bits per heavy atom. The van der Waals surface area contributed by atoms with Gasteiger partial charge >= 0.3 is 76.1 Å². The van der Waals surface area contributed by atoms with Crippen LogP contribution in [0.5, 0.6) is 0 Å². The molecule has 7 nitrogen and oxygen atoms in total. The Bertz CT molecular complexity index is 459. The third kappa shape index (κ3) is 0.596. The fourth-order valence-corrected chi connectivity index (χ4v) is 1.03. The maximum atomic E-state index is 8.71. The van der Waals surface area contributed by atoms with Gasteiger partial charge < -0.3 is 0 Å². The van der Waals surface area contributed by atoms with Crippen LogP contribution in [0.1, 0.15) is 0 Å². The van der Waals surface area contributed by atoms with E-state index in [0.29, 0.717) is 0 Å². The summed E-state index contributed by atoms with van der Waals surface area (Å²) in [5, 5.41) is 57.5. The van der Waals surface area contributed by atoms with Crippen LogP contribution in [0, 0.1) is 61.6 Å². The summed E-state index contributed by atoms with van der Waals surface area (Å²) >= 11 is 0. The van der Waals surface area contributed by atoms with Gasteiger partial charge in [-0.05, 0) is 0 Å². The van der Waals surface area contributed by atoms with Crippen molar-refractivity contribution in [2.24, 2.45) is 4.78 Å². The van der Waals surface area contributed by atoms with Crippen molar-refractivity contribution >= 4 is 0 Å². The Labute approximate surface area is 76.6 Å². The van der Waals surface area contributed by atoms with Gasteiger partial charge in [-0.25, -0.2) is 0 Å². The molecular formula is C6H2CoN7. The molecule has 0 spiro atoms. The first-order valence-electron chi connectivity index (χ1n) is 2.53. The molecule has 0 radical (unpaired) electrons. The Morgan fingerprint density at radius 1 is 0.571 bits per heavy atom. The molecule has 0 amide bonds. The summed E-state index contributed by atoms with van der Waals surface area (Å²) < 4.78 is 0. The number of hydrogen-bond donors (Lipinski definition) is 1. The first-order valence-corrected chi connectivity index (χ1v) is 6.26. The average Bonchev–Trinajstić information content (AvgIpc) is 2.31. The molecule has 0 rings (SSSR count). The van der Waals surface area contributed by atoms with Gasteiger partial charge in [0.05, 0.1) is 0 Å². The second kappa shape index (κ2) is 1.55. The van der Waals surface area contributed by atoms with Crippen molar-refractivity contribution in [3.05, 3.63) is 0 Å². The van der Waals surface area contributed by atoms with Crippen molar-refractivity contribution in [2.45, 2.75) is 0 Å². The van der Waals surface area contributed by atoms with Crippen LogP contribution in [0.4, 0.5) is 0 Å². The summed E-state index contributed by atoms with van der Waals surface area (Å²) in [7, 11) is -7.16. The number of nitrogens with two attached hydrogens (primary N) is 1. The van der Waals surface area contributed by atoms with E-state index in [4.69, 9.17) is 36.4 Å². The molecule has 0 saturated heterocycles. The van der Waals surface area contributed by atoms with Crippen LogP contribution in [0.3, 0.4) is 0 Å². The Hall–Kier alpha value is -2.59. The molecule has 70 valence electrons. The number of nitriles is 6. The fourth-order valence-electron chi connectivity index (χ4n) is 0.250. The monoisotopic (exact) mass is 231 g/mol. The van der Waals surface area contributed by atoms with Crippen molar-refractivity contribution in [1.29, 1.82) is 31.6 Å². The molecule has 0 saturated carbocycles. The maximum absolute atomic E-state index is 8.71. The van der Waals surface area contributed by atoms with Gasteiger partial charge in [0.25, 0.3) is 0 Å². The van der Waals surface area contributed by atoms with Gasteiger partial charge in [0, 0.05) is 0 Å². The van der Waals surface area contributed by atoms with Crippen LogP contribution < -0.4 is 4.78 Å². The summed E-state index contributed by atoms with van der Waals surface area (Å²) in [6.07, 6.45) is 0. The van der Waals surface area contributed by atoms with E-state index in [1.807, 2.05) is 0 Å². The summed E-state index contributed by atoms with van der Waals surface area (Å²) in [4.78, 5) is 5.13. The third-order valence-electron chi connectivity index (χ3n) is 1.38. The zero-order chi connectivity index (χ0) is 11.6. The zero-order valence-corrected chi connectivity index (χ0v) is 7.64. The molecule has 14 heavy (non-hydrogen) atoms. The molecule has 0 heterocycles. The van der Waals surface area contributed by atoms with Gasteiger partial charge in [-0.2, -0.15) is 0 Å². The van der Waals surface area contributed by atoms with E-state index in [-0.39, 0.29) is 0 Å². The van der Waals surface area contributed by atoms with Gasteiger partial charge in [0.1, 0.15) is 0 Å². The van der Waals surface area contributed by atoms with Gasteiger partial charge in [0.15, 0.2) is 0 Å². The number of rotatable bonds is 0. The predicted molar refractivity (Wildman–Crippen MR) is 37.9 cm³/mol. The van der Waals surface area contributed by atoms with E-state index in [0.717, 1.165) is 30.0 Å². The van der Waals surface area contributed by atoms with Crippen LogP contribution in [-0.4, -0.2) is 0 Å². The van der Waals surface area contributed by atoms with E-state index in [1.54, 1.807) is 0 Å². The molecule has 0 aromatic carbocycles. The molecular weight excluding hydrogens is 229 g/mol. The summed E-state index contributed by atoms with van der Waals surface area (Å²) in [5.41, 5.74) is 0. The van der Waals surface area contributed by atoms with E-state index in [1.165, 1.54) is 0 Å². The summed E-state index contributed by atoms with van der Waals surface area (Å²) in [6.45, 7) is 0. The molecule has 2 N–H and O–H groups in total. The number of nitrogens with zero attached hydrogens (tertiary/aromatic N) is 6. The quantitative estimate of drug-likeness (QED) is 0.585. The standard InChI is InChI=1S/6CN.Co.H2N/c6*1-2;;/h;;;;;;;1H2/q;;;;;;+1;-1. The van der Waals surface area contributed by atoms with E-state index in [2.05, 4.69) is 0 Å². The van der Waals surface area contributed by atoms with Gasteiger partial charge in [0.2, 0.25) is 0 Å². The molecule has 0 aromatic rings. The minimum atomic E-state index is -7.16. The molecule has 0 bridgehead atoms. The summed E-state index contributed by atoms with van der Waals surface area (Å²) in [6, 6.07) is 0. The van der Waals surface area contributed by atoms with Crippen molar-refractivity contribution in [1.82, 2.24) is 0 Å². The normalized spacial score (nSPS) is 16.4. The average molecular weight is 231 g/mol. The van der Waals surface area contributed by atoms with E-state index >= 15 is 0 Å². The van der Waals surface area contributed by atoms with Crippen molar-refractivity contribution < 1.29 is 9.71 Å². The van der Waals surface area contributed by atoms with Crippen molar-refractivity contribution in [3.8, 4) is 30.0 Å². The number of hydrogen-bond acceptors (Lipinski definition) is 7. The molecule has 0 aliphatic rings. The Kier molecular flexibility index (Phi) is 1.26. The van der Waals surface area contributed by atoms with Crippen LogP contribution in [0.25, 0.3) is 0 Å². The van der Waals surface area contributed by atoms with Gasteiger partial charge in [-0.15, -0.1) is 0 Å². The molecule has 0 aromatic heterocycles. The third-order valence-corrected chi connectivity index (χ3v) is 5.67. The van der Waals surface area contributed by atoms with Gasteiger partial charge in [-0.3, -0.25) is 0 Å². The SMILES string of the molecule is N#[C][Co]([NH2])([C]#N)([C]#N)([C]#N)([C]#N)[C]#N.